The van der Waals surface area contributed by atoms with Gasteiger partial charge in [0.25, 0.3) is 0 Å². The molecule has 0 spiro atoms. The van der Waals surface area contributed by atoms with Gasteiger partial charge in [-0.2, -0.15) is 0 Å². The predicted molar refractivity (Wildman–Crippen MR) is 51.2 cm³/mol. The highest BCUT2D eigenvalue weighted by atomic mass is 15.2. The van der Waals surface area contributed by atoms with Crippen LogP contribution in [0.4, 0.5) is 0 Å². The van der Waals surface area contributed by atoms with Crippen LogP contribution in [0.2, 0.25) is 0 Å². The predicted octanol–water partition coefficient (Wildman–Crippen LogP) is 1.08. The summed E-state index contributed by atoms with van der Waals surface area (Å²) >= 11 is 0. The Bertz CT molecular complexity index is 157. The van der Waals surface area contributed by atoms with Gasteiger partial charge in [0.1, 0.15) is 0 Å². The lowest BCUT2D eigenvalue weighted by Gasteiger charge is -2.21. The molecule has 0 bridgehead atoms. The monoisotopic (exact) mass is 168 g/mol. The van der Waals surface area contributed by atoms with Crippen LogP contribution in [0.25, 0.3) is 0 Å². The van der Waals surface area contributed by atoms with Crippen molar-refractivity contribution >= 4 is 0 Å². The quantitative estimate of drug-likeness (QED) is 0.630. The molecule has 2 aliphatic rings. The number of nitrogens with one attached hydrogen (secondary N) is 1. The first-order valence-corrected chi connectivity index (χ1v) is 5.15. The van der Waals surface area contributed by atoms with Gasteiger partial charge in [0, 0.05) is 19.1 Å². The first kappa shape index (κ1) is 8.52. The zero-order chi connectivity index (χ0) is 8.60. The van der Waals surface area contributed by atoms with E-state index >= 15 is 0 Å². The molecule has 2 heteroatoms. The summed E-state index contributed by atoms with van der Waals surface area (Å²) in [6.45, 7) is 9.73. The maximum Gasteiger partial charge on any atom is 0.0153 e. The van der Waals surface area contributed by atoms with Crippen molar-refractivity contribution < 1.29 is 0 Å². The van der Waals surface area contributed by atoms with Crippen LogP contribution >= 0.6 is 0 Å². The van der Waals surface area contributed by atoms with Crippen LogP contribution in [-0.4, -0.2) is 37.1 Å². The largest absolute Gasteiger partial charge is 0.315 e. The van der Waals surface area contributed by atoms with Gasteiger partial charge in [0.05, 0.1) is 0 Å². The molecule has 1 N–H and O–H groups in total. The van der Waals surface area contributed by atoms with E-state index in [1.165, 1.54) is 39.0 Å². The molecule has 1 heterocycles. The molecule has 0 radical (unpaired) electrons. The van der Waals surface area contributed by atoms with E-state index in [9.17, 15) is 0 Å². The third-order valence-electron chi connectivity index (χ3n) is 3.28. The molecule has 2 nitrogen and oxygen atoms in total. The van der Waals surface area contributed by atoms with E-state index in [1.54, 1.807) is 0 Å². The molecule has 1 saturated heterocycles. The maximum atomic E-state index is 3.45. The fraction of sp³-hybridized carbons (Fsp3) is 1.00. The van der Waals surface area contributed by atoms with E-state index in [0.29, 0.717) is 5.41 Å². The van der Waals surface area contributed by atoms with Crippen molar-refractivity contribution in [2.24, 2.45) is 5.41 Å². The minimum absolute atomic E-state index is 0.615. The average Bonchev–Trinajstić information content (AvgIpc) is 2.68. The second kappa shape index (κ2) is 3.00. The Balaban J connectivity index is 1.87. The third kappa shape index (κ3) is 1.64. The van der Waals surface area contributed by atoms with Crippen molar-refractivity contribution in [3.05, 3.63) is 0 Å². The van der Waals surface area contributed by atoms with Crippen molar-refractivity contribution in [2.75, 3.05) is 26.2 Å². The fourth-order valence-corrected chi connectivity index (χ4v) is 2.24. The third-order valence-corrected chi connectivity index (χ3v) is 3.28. The molecule has 12 heavy (non-hydrogen) atoms. The van der Waals surface area contributed by atoms with Gasteiger partial charge in [-0.1, -0.05) is 13.8 Å². The minimum Gasteiger partial charge on any atom is -0.315 e. The Morgan fingerprint density at radius 3 is 2.67 bits per heavy atom. The molecule has 0 aromatic carbocycles. The van der Waals surface area contributed by atoms with E-state index in [4.69, 9.17) is 0 Å². The smallest absolute Gasteiger partial charge is 0.0153 e. The van der Waals surface area contributed by atoms with E-state index in [1.807, 2.05) is 0 Å². The molecular formula is C10H20N2. The minimum atomic E-state index is 0.615. The van der Waals surface area contributed by atoms with Gasteiger partial charge in [0.2, 0.25) is 0 Å². The summed E-state index contributed by atoms with van der Waals surface area (Å²) in [5.41, 5.74) is 0.615. The summed E-state index contributed by atoms with van der Waals surface area (Å²) in [7, 11) is 0. The molecule has 1 aliphatic carbocycles. The van der Waals surface area contributed by atoms with Crippen LogP contribution in [0.15, 0.2) is 0 Å². The van der Waals surface area contributed by atoms with Gasteiger partial charge in [-0.15, -0.1) is 0 Å². The first-order chi connectivity index (χ1) is 5.70. The number of rotatable bonds is 1. The van der Waals surface area contributed by atoms with Crippen molar-refractivity contribution in [3.63, 3.8) is 0 Å². The van der Waals surface area contributed by atoms with Gasteiger partial charge in [-0.25, -0.2) is 0 Å². The zero-order valence-electron chi connectivity index (χ0n) is 8.27. The van der Waals surface area contributed by atoms with Crippen LogP contribution in [-0.2, 0) is 0 Å². The molecule has 0 aromatic rings. The molecule has 0 aromatic heterocycles. The van der Waals surface area contributed by atoms with E-state index in [-0.39, 0.29) is 0 Å². The lowest BCUT2D eigenvalue weighted by atomic mass is 10.2. The summed E-state index contributed by atoms with van der Waals surface area (Å²) < 4.78 is 0. The molecule has 1 unspecified atom stereocenters. The SMILES string of the molecule is CC1(C)CC1N1CCCNCC1. The lowest BCUT2D eigenvalue weighted by molar-refractivity contribution is 0.251. The Morgan fingerprint density at radius 2 is 2.00 bits per heavy atom. The van der Waals surface area contributed by atoms with E-state index in [0.717, 1.165) is 6.04 Å². The van der Waals surface area contributed by atoms with Crippen LogP contribution in [0.1, 0.15) is 26.7 Å². The molecule has 1 aliphatic heterocycles. The van der Waals surface area contributed by atoms with Gasteiger partial charge in [-0.05, 0) is 31.3 Å². The van der Waals surface area contributed by atoms with Crippen LogP contribution in [0, 0.1) is 5.41 Å². The highest BCUT2D eigenvalue weighted by Gasteiger charge is 2.48. The molecule has 2 rings (SSSR count). The molecule has 1 atom stereocenters. The molecule has 0 amide bonds. The molecule has 70 valence electrons. The average molecular weight is 168 g/mol. The molecule has 1 saturated carbocycles. The van der Waals surface area contributed by atoms with Crippen LogP contribution < -0.4 is 5.32 Å². The van der Waals surface area contributed by atoms with E-state index < -0.39 is 0 Å². The van der Waals surface area contributed by atoms with Crippen LogP contribution in [0.5, 0.6) is 0 Å². The maximum absolute atomic E-state index is 3.45. The van der Waals surface area contributed by atoms with Crippen LogP contribution in [0.3, 0.4) is 0 Å². The Labute approximate surface area is 75.3 Å². The topological polar surface area (TPSA) is 15.3 Å². The van der Waals surface area contributed by atoms with Crippen molar-refractivity contribution in [2.45, 2.75) is 32.7 Å². The summed E-state index contributed by atoms with van der Waals surface area (Å²) in [5.74, 6) is 0. The molecule has 2 fully saturated rings. The Kier molecular flexibility index (Phi) is 2.13. The summed E-state index contributed by atoms with van der Waals surface area (Å²) in [5, 5.41) is 3.45. The van der Waals surface area contributed by atoms with Gasteiger partial charge < -0.3 is 5.32 Å². The van der Waals surface area contributed by atoms with Gasteiger partial charge in [0.15, 0.2) is 0 Å². The molecular weight excluding hydrogens is 148 g/mol. The number of hydrogen-bond acceptors (Lipinski definition) is 2. The second-order valence-electron chi connectivity index (χ2n) is 4.85. The Hall–Kier alpha value is -0.0800. The first-order valence-electron chi connectivity index (χ1n) is 5.15. The second-order valence-corrected chi connectivity index (χ2v) is 4.85. The normalized spacial score (nSPS) is 36.0. The Morgan fingerprint density at radius 1 is 1.25 bits per heavy atom. The fourth-order valence-electron chi connectivity index (χ4n) is 2.24. The number of nitrogens with zero attached hydrogens (tertiary/aromatic N) is 1. The summed E-state index contributed by atoms with van der Waals surface area (Å²) in [4.78, 5) is 2.67. The number of hydrogen-bond donors (Lipinski definition) is 1. The van der Waals surface area contributed by atoms with Crippen molar-refractivity contribution in [1.82, 2.24) is 10.2 Å². The van der Waals surface area contributed by atoms with Gasteiger partial charge >= 0.3 is 0 Å². The van der Waals surface area contributed by atoms with Crippen molar-refractivity contribution in [1.29, 1.82) is 0 Å². The van der Waals surface area contributed by atoms with E-state index in [2.05, 4.69) is 24.1 Å². The zero-order valence-corrected chi connectivity index (χ0v) is 8.27. The highest BCUT2D eigenvalue weighted by Crippen LogP contribution is 2.48. The van der Waals surface area contributed by atoms with Gasteiger partial charge in [-0.3, -0.25) is 4.90 Å². The van der Waals surface area contributed by atoms with Crippen molar-refractivity contribution in [3.8, 4) is 0 Å². The standard InChI is InChI=1S/C10H20N2/c1-10(2)8-9(10)12-6-3-4-11-5-7-12/h9,11H,3-8H2,1-2H3. The lowest BCUT2D eigenvalue weighted by Crippen LogP contribution is -2.32. The summed E-state index contributed by atoms with van der Waals surface area (Å²) in [6, 6.07) is 0.886. The summed E-state index contributed by atoms with van der Waals surface area (Å²) in [6.07, 6.45) is 2.74. The highest BCUT2D eigenvalue weighted by molar-refractivity contribution is 5.03.